The fraction of sp³-hybridized carbons (Fsp3) is 0.914. The maximum Gasteiger partial charge on any atom is 0.220 e. The fourth-order valence-corrected chi connectivity index (χ4v) is 12.8. The van der Waals surface area contributed by atoms with Crippen LogP contribution in [0.25, 0.3) is 0 Å². The molecule has 25 heteroatoms. The van der Waals surface area contributed by atoms with Crippen LogP contribution in [0.3, 0.4) is 0 Å². The van der Waals surface area contributed by atoms with E-state index < -0.39 is 174 Å². The molecular weight excluding hydrogens is 1240 g/mol. The molecule has 0 aliphatic carbocycles. The van der Waals surface area contributed by atoms with Gasteiger partial charge in [-0.3, -0.25) is 9.59 Å². The average molecular weight is 1370 g/mol. The van der Waals surface area contributed by atoms with Crippen LogP contribution in [0.15, 0.2) is 24.3 Å². The molecule has 2 amide bonds. The van der Waals surface area contributed by atoms with Gasteiger partial charge in [-0.25, -0.2) is 0 Å². The smallest absolute Gasteiger partial charge is 0.220 e. The van der Waals surface area contributed by atoms with Crippen LogP contribution in [0.5, 0.6) is 0 Å². The molecule has 4 aliphatic heterocycles. The van der Waals surface area contributed by atoms with E-state index in [1.807, 2.05) is 6.08 Å². The molecule has 25 nitrogen and oxygen atoms in total. The Balaban J connectivity index is 1.29. The Labute approximate surface area is 565 Å². The Morgan fingerprint density at radius 1 is 0.411 bits per heavy atom. The van der Waals surface area contributed by atoms with Crippen molar-refractivity contribution in [3.63, 3.8) is 0 Å². The van der Waals surface area contributed by atoms with Gasteiger partial charge in [0.25, 0.3) is 0 Å². The third-order valence-electron chi connectivity index (χ3n) is 18.8. The standard InChI is InChI=1S/C70H128N2O23/c1-4-6-8-10-12-14-16-18-19-20-21-22-23-24-25-26-27-29-31-33-35-37-39-41-54(79)72-48(49(78)40-38-36-34-32-30-28-17-15-13-11-9-7-5-2)46-88-68-62(86)59(83)65(52(44-75)91-68)94-70-63(87)60(84)64(53(45-76)92-70)93-67-55(71-47(3)77)66(57(81)51(43-74)89-67)95-69-61(85)58(82)56(80)50(42-73)90-69/h18-19,38,40,48-53,55-70,73-76,78,80-87H,4-17,20-37,39,41-46H2,1-3H3,(H,71,77)(H,72,79)/b19-18-,40-38+/t48-,49+,50+,51+,52+,53+,55+,56-,57-,58-,59+,60+,61+,62?,63+,64-,65+,66+,67-,68+,69-,70-/m0/s1. The first kappa shape index (κ1) is 85.0. The maximum absolute atomic E-state index is 13.5. The molecule has 4 rings (SSSR count). The van der Waals surface area contributed by atoms with Crippen LogP contribution < -0.4 is 10.6 Å². The summed E-state index contributed by atoms with van der Waals surface area (Å²) in [4.78, 5) is 26.1. The lowest BCUT2D eigenvalue weighted by atomic mass is 9.94. The third kappa shape index (κ3) is 30.8. The van der Waals surface area contributed by atoms with E-state index >= 15 is 0 Å². The van der Waals surface area contributed by atoms with Gasteiger partial charge >= 0.3 is 0 Å². The molecule has 0 bridgehead atoms. The number of aliphatic hydroxyl groups is 13. The summed E-state index contributed by atoms with van der Waals surface area (Å²) >= 11 is 0. The lowest BCUT2D eigenvalue weighted by Crippen LogP contribution is -2.70. The van der Waals surface area contributed by atoms with Gasteiger partial charge in [0.2, 0.25) is 11.8 Å². The highest BCUT2D eigenvalue weighted by molar-refractivity contribution is 5.76. The Kier molecular flexibility index (Phi) is 44.7. The van der Waals surface area contributed by atoms with Gasteiger partial charge in [-0.2, -0.15) is 0 Å². The number of amides is 2. The second kappa shape index (κ2) is 50.0. The SMILES string of the molecule is CCCCCCCC/C=C\CCCCCCCCCCCCCCCC(=O)N[C@@H](CO[C@@H]1O[C@H](CO)[C@@H](O[C@@H]2O[C@H](CO)[C@H](O[C@@H]3O[C@H](CO)[C@H](O)[C@H](O[C@@H]4O[C@H](CO)[C@H](O)[C@H](O)[C@H]4O)[C@H]3NC(C)=O)[C@H](O)[C@H]2O)[C@H](O)C1O)[C@H](O)/C=C/CCCCCCCCCCCCC. The van der Waals surface area contributed by atoms with Gasteiger partial charge in [0.1, 0.15) is 97.6 Å². The van der Waals surface area contributed by atoms with Gasteiger partial charge in [0.05, 0.1) is 45.2 Å². The number of hydrogen-bond donors (Lipinski definition) is 15. The Bertz CT molecular complexity index is 2010. The van der Waals surface area contributed by atoms with Gasteiger partial charge < -0.3 is 115 Å². The minimum Gasteiger partial charge on any atom is -0.394 e. The van der Waals surface area contributed by atoms with Crippen LogP contribution in [0.4, 0.5) is 0 Å². The van der Waals surface area contributed by atoms with E-state index in [0.717, 1.165) is 51.9 Å². The highest BCUT2D eigenvalue weighted by Gasteiger charge is 2.56. The van der Waals surface area contributed by atoms with E-state index in [4.69, 9.17) is 37.9 Å². The molecule has 4 aliphatic rings. The Hall–Kier alpha value is -2.42. The molecule has 0 spiro atoms. The maximum atomic E-state index is 13.5. The molecular formula is C70H128N2O23. The van der Waals surface area contributed by atoms with Gasteiger partial charge in [-0.1, -0.05) is 205 Å². The minimum absolute atomic E-state index is 0.214. The van der Waals surface area contributed by atoms with Crippen molar-refractivity contribution in [2.75, 3.05) is 33.0 Å². The predicted octanol–water partition coefficient (Wildman–Crippen LogP) is 4.68. The topological polar surface area (TPSA) is 395 Å². The highest BCUT2D eigenvalue weighted by atomic mass is 16.8. The van der Waals surface area contributed by atoms with E-state index in [1.54, 1.807) is 6.08 Å². The number of hydrogen-bond acceptors (Lipinski definition) is 23. The molecule has 0 aromatic carbocycles. The zero-order valence-corrected chi connectivity index (χ0v) is 57.5. The third-order valence-corrected chi connectivity index (χ3v) is 18.8. The molecule has 95 heavy (non-hydrogen) atoms. The fourth-order valence-electron chi connectivity index (χ4n) is 12.8. The van der Waals surface area contributed by atoms with Crippen molar-refractivity contribution in [2.45, 2.75) is 374 Å². The van der Waals surface area contributed by atoms with Gasteiger partial charge in [0.15, 0.2) is 25.2 Å². The molecule has 22 atom stereocenters. The molecule has 0 saturated carbocycles. The molecule has 0 aromatic heterocycles. The van der Waals surface area contributed by atoms with Crippen molar-refractivity contribution < 1.29 is 114 Å². The van der Waals surface area contributed by atoms with E-state index in [2.05, 4.69) is 36.6 Å². The van der Waals surface area contributed by atoms with Gasteiger partial charge in [0, 0.05) is 13.3 Å². The first-order chi connectivity index (χ1) is 46.0. The van der Waals surface area contributed by atoms with Crippen LogP contribution in [0, 0.1) is 0 Å². The predicted molar refractivity (Wildman–Crippen MR) is 354 cm³/mol. The number of ether oxygens (including phenoxy) is 8. The van der Waals surface area contributed by atoms with E-state index in [1.165, 1.54) is 154 Å². The first-order valence-corrected chi connectivity index (χ1v) is 36.6. The summed E-state index contributed by atoms with van der Waals surface area (Å²) in [5.41, 5.74) is 0. The van der Waals surface area contributed by atoms with Crippen molar-refractivity contribution in [1.82, 2.24) is 10.6 Å². The molecule has 4 saturated heterocycles. The zero-order chi connectivity index (χ0) is 69.3. The second-order valence-corrected chi connectivity index (χ2v) is 26.8. The van der Waals surface area contributed by atoms with Crippen LogP contribution >= 0.6 is 0 Å². The highest BCUT2D eigenvalue weighted by Crippen LogP contribution is 2.35. The first-order valence-electron chi connectivity index (χ1n) is 36.6. The van der Waals surface area contributed by atoms with Gasteiger partial charge in [-0.15, -0.1) is 0 Å². The van der Waals surface area contributed by atoms with Crippen molar-refractivity contribution in [3.05, 3.63) is 24.3 Å². The molecule has 15 N–H and O–H groups in total. The Morgan fingerprint density at radius 3 is 1.22 bits per heavy atom. The summed E-state index contributed by atoms with van der Waals surface area (Å²) in [6.45, 7) is 1.61. The molecule has 0 radical (unpaired) electrons. The molecule has 4 fully saturated rings. The quantitative estimate of drug-likeness (QED) is 0.0290. The number of allylic oxidation sites excluding steroid dienone is 3. The van der Waals surface area contributed by atoms with Gasteiger partial charge in [-0.05, 0) is 44.9 Å². The number of unbranched alkanes of at least 4 members (excludes halogenated alkanes) is 30. The number of aliphatic hydroxyl groups excluding tert-OH is 13. The zero-order valence-electron chi connectivity index (χ0n) is 57.5. The molecule has 556 valence electrons. The number of rotatable bonds is 52. The van der Waals surface area contributed by atoms with Crippen LogP contribution in [0.2, 0.25) is 0 Å². The van der Waals surface area contributed by atoms with E-state index in [-0.39, 0.29) is 12.3 Å². The van der Waals surface area contributed by atoms with Crippen LogP contribution in [0.1, 0.15) is 239 Å². The van der Waals surface area contributed by atoms with Crippen molar-refractivity contribution in [3.8, 4) is 0 Å². The van der Waals surface area contributed by atoms with E-state index in [0.29, 0.717) is 12.8 Å². The molecule has 1 unspecified atom stereocenters. The average Bonchev–Trinajstić information content (AvgIpc) is 0.779. The minimum atomic E-state index is -2.10. The number of carbonyl (C=O) groups excluding carboxylic acids is 2. The van der Waals surface area contributed by atoms with Crippen LogP contribution in [-0.2, 0) is 47.5 Å². The molecule has 4 heterocycles. The summed E-state index contributed by atoms with van der Waals surface area (Å²) in [7, 11) is 0. The summed E-state index contributed by atoms with van der Waals surface area (Å²) in [6, 6.07) is -2.63. The normalized spacial score (nSPS) is 32.1. The summed E-state index contributed by atoms with van der Waals surface area (Å²) in [5, 5.41) is 147. The van der Waals surface area contributed by atoms with E-state index in [9.17, 15) is 76.0 Å². The largest absolute Gasteiger partial charge is 0.394 e. The summed E-state index contributed by atoms with van der Waals surface area (Å²) < 4.78 is 46.8. The lowest BCUT2D eigenvalue weighted by molar-refractivity contribution is -0.380. The van der Waals surface area contributed by atoms with Crippen molar-refractivity contribution >= 4 is 11.8 Å². The van der Waals surface area contributed by atoms with Crippen molar-refractivity contribution in [2.24, 2.45) is 0 Å². The summed E-state index contributed by atoms with van der Waals surface area (Å²) in [6.07, 6.45) is 12.5. The monoisotopic (exact) mass is 1360 g/mol. The Morgan fingerprint density at radius 2 is 0.768 bits per heavy atom. The summed E-state index contributed by atoms with van der Waals surface area (Å²) in [5.74, 6) is -1.06. The van der Waals surface area contributed by atoms with Crippen molar-refractivity contribution in [1.29, 1.82) is 0 Å². The number of nitrogens with one attached hydrogen (secondary N) is 2. The lowest BCUT2D eigenvalue weighted by Gasteiger charge is -2.50. The number of carbonyl (C=O) groups is 2. The molecule has 0 aromatic rings. The van der Waals surface area contributed by atoms with Crippen LogP contribution in [-0.4, -0.2) is 246 Å². The second-order valence-electron chi connectivity index (χ2n) is 26.8.